The lowest BCUT2D eigenvalue weighted by Crippen LogP contribution is -2.47. The molecule has 2 unspecified atom stereocenters. The molecule has 2 heteroatoms. The smallest absolute Gasteiger partial charge is 0.0751 e. The van der Waals surface area contributed by atoms with E-state index in [0.717, 1.165) is 12.5 Å². The third-order valence-corrected chi connectivity index (χ3v) is 3.09. The summed E-state index contributed by atoms with van der Waals surface area (Å²) in [4.78, 5) is 0. The lowest BCUT2D eigenvalue weighted by molar-refractivity contribution is -0.0114. The molecular formula is C11H23NO. The first-order valence-electron chi connectivity index (χ1n) is 5.54. The van der Waals surface area contributed by atoms with Crippen molar-refractivity contribution in [3.8, 4) is 0 Å². The Labute approximate surface area is 81.8 Å². The molecule has 2 N–H and O–H groups in total. The van der Waals surface area contributed by atoms with E-state index in [2.05, 4.69) is 13.8 Å². The maximum absolute atomic E-state index is 6.19. The highest BCUT2D eigenvalue weighted by Crippen LogP contribution is 2.32. The van der Waals surface area contributed by atoms with Crippen molar-refractivity contribution in [1.29, 1.82) is 0 Å². The highest BCUT2D eigenvalue weighted by atomic mass is 16.5. The van der Waals surface area contributed by atoms with Gasteiger partial charge in [0.2, 0.25) is 0 Å². The van der Waals surface area contributed by atoms with Gasteiger partial charge in [0.05, 0.1) is 6.10 Å². The fourth-order valence-electron chi connectivity index (χ4n) is 2.03. The van der Waals surface area contributed by atoms with Crippen molar-refractivity contribution in [2.24, 2.45) is 17.6 Å². The Morgan fingerprint density at radius 1 is 1.38 bits per heavy atom. The van der Waals surface area contributed by atoms with Gasteiger partial charge in [-0.05, 0) is 31.6 Å². The second-order valence-electron chi connectivity index (χ2n) is 4.43. The van der Waals surface area contributed by atoms with Crippen molar-refractivity contribution in [2.75, 3.05) is 6.61 Å². The van der Waals surface area contributed by atoms with Crippen LogP contribution >= 0.6 is 0 Å². The number of rotatable bonds is 5. The molecular weight excluding hydrogens is 162 g/mol. The quantitative estimate of drug-likeness (QED) is 0.712. The molecule has 0 bridgehead atoms. The molecule has 0 radical (unpaired) electrons. The van der Waals surface area contributed by atoms with E-state index < -0.39 is 0 Å². The van der Waals surface area contributed by atoms with Gasteiger partial charge in [-0.2, -0.15) is 0 Å². The molecule has 1 aliphatic rings. The van der Waals surface area contributed by atoms with Crippen molar-refractivity contribution in [3.63, 3.8) is 0 Å². The van der Waals surface area contributed by atoms with Crippen LogP contribution in [0.5, 0.6) is 0 Å². The van der Waals surface area contributed by atoms with Crippen molar-refractivity contribution in [3.05, 3.63) is 0 Å². The zero-order valence-corrected chi connectivity index (χ0v) is 9.12. The fraction of sp³-hybridized carbons (Fsp3) is 1.00. The summed E-state index contributed by atoms with van der Waals surface area (Å²) in [6, 6.07) is 0.258. The Morgan fingerprint density at radius 3 is 2.31 bits per heavy atom. The molecule has 0 spiro atoms. The van der Waals surface area contributed by atoms with Crippen LogP contribution in [-0.4, -0.2) is 18.8 Å². The normalized spacial score (nSPS) is 22.8. The Kier molecular flexibility index (Phi) is 4.20. The van der Waals surface area contributed by atoms with E-state index in [9.17, 15) is 0 Å². The van der Waals surface area contributed by atoms with Gasteiger partial charge in [0, 0.05) is 12.6 Å². The van der Waals surface area contributed by atoms with Gasteiger partial charge in [-0.3, -0.25) is 0 Å². The summed E-state index contributed by atoms with van der Waals surface area (Å²) in [7, 11) is 0. The average Bonchev–Trinajstić information content (AvgIpc) is 1.95. The Morgan fingerprint density at radius 2 is 2.00 bits per heavy atom. The number of hydrogen-bond acceptors (Lipinski definition) is 2. The van der Waals surface area contributed by atoms with E-state index >= 15 is 0 Å². The summed E-state index contributed by atoms with van der Waals surface area (Å²) in [6.07, 6.45) is 4.22. The average molecular weight is 185 g/mol. The molecule has 13 heavy (non-hydrogen) atoms. The summed E-state index contributed by atoms with van der Waals surface area (Å²) in [5.74, 6) is 1.26. The molecule has 0 aliphatic heterocycles. The van der Waals surface area contributed by atoms with Crippen LogP contribution in [0.1, 0.15) is 40.0 Å². The van der Waals surface area contributed by atoms with E-state index in [1.54, 1.807) is 0 Å². The lowest BCUT2D eigenvalue weighted by atomic mass is 9.76. The minimum absolute atomic E-state index is 0.258. The van der Waals surface area contributed by atoms with Crippen LogP contribution in [0.3, 0.4) is 0 Å². The minimum atomic E-state index is 0.258. The zero-order chi connectivity index (χ0) is 9.84. The van der Waals surface area contributed by atoms with Gasteiger partial charge < -0.3 is 10.5 Å². The van der Waals surface area contributed by atoms with E-state index in [1.165, 1.54) is 19.3 Å². The van der Waals surface area contributed by atoms with Gasteiger partial charge >= 0.3 is 0 Å². The molecule has 2 atom stereocenters. The van der Waals surface area contributed by atoms with Gasteiger partial charge in [-0.1, -0.05) is 20.3 Å². The molecule has 2 nitrogen and oxygen atoms in total. The summed E-state index contributed by atoms with van der Waals surface area (Å²) in [6.45, 7) is 7.21. The van der Waals surface area contributed by atoms with Crippen molar-refractivity contribution >= 4 is 0 Å². The second-order valence-corrected chi connectivity index (χ2v) is 4.43. The van der Waals surface area contributed by atoms with Crippen LogP contribution in [0, 0.1) is 11.8 Å². The van der Waals surface area contributed by atoms with E-state index in [1.807, 2.05) is 6.92 Å². The molecule has 0 aromatic heterocycles. The number of nitrogens with two attached hydrogens (primary N) is 1. The van der Waals surface area contributed by atoms with E-state index in [4.69, 9.17) is 10.5 Å². The molecule has 0 saturated heterocycles. The van der Waals surface area contributed by atoms with Crippen molar-refractivity contribution in [2.45, 2.75) is 52.2 Å². The minimum Gasteiger partial charge on any atom is -0.377 e. The Hall–Kier alpha value is -0.0800. The first-order chi connectivity index (χ1) is 6.16. The van der Waals surface area contributed by atoms with Crippen molar-refractivity contribution in [1.82, 2.24) is 0 Å². The highest BCUT2D eigenvalue weighted by molar-refractivity contribution is 4.87. The lowest BCUT2D eigenvalue weighted by Gasteiger charge is -2.37. The van der Waals surface area contributed by atoms with Crippen LogP contribution in [0.15, 0.2) is 0 Å². The van der Waals surface area contributed by atoms with E-state index in [-0.39, 0.29) is 12.1 Å². The van der Waals surface area contributed by atoms with Crippen LogP contribution < -0.4 is 5.73 Å². The molecule has 1 saturated carbocycles. The first kappa shape index (κ1) is 11.0. The number of ether oxygens (including phenoxy) is 1. The first-order valence-corrected chi connectivity index (χ1v) is 5.54. The highest BCUT2D eigenvalue weighted by Gasteiger charge is 2.32. The maximum Gasteiger partial charge on any atom is 0.0751 e. The van der Waals surface area contributed by atoms with Crippen LogP contribution in [0.2, 0.25) is 0 Å². The molecule has 1 fully saturated rings. The van der Waals surface area contributed by atoms with Crippen LogP contribution in [0.4, 0.5) is 0 Å². The molecule has 0 aromatic carbocycles. The summed E-state index contributed by atoms with van der Waals surface area (Å²) >= 11 is 0. The van der Waals surface area contributed by atoms with E-state index in [0.29, 0.717) is 5.92 Å². The van der Waals surface area contributed by atoms with Crippen LogP contribution in [-0.2, 0) is 4.74 Å². The predicted molar refractivity (Wildman–Crippen MR) is 55.6 cm³/mol. The standard InChI is InChI=1S/C11H23NO/c1-4-13-11(8(2)3)10(12)9-6-5-7-9/h8-11H,4-7,12H2,1-3H3. The predicted octanol–water partition coefficient (Wildman–Crippen LogP) is 2.17. The monoisotopic (exact) mass is 185 g/mol. The molecule has 0 heterocycles. The molecule has 0 amide bonds. The van der Waals surface area contributed by atoms with Gasteiger partial charge in [0.1, 0.15) is 0 Å². The zero-order valence-electron chi connectivity index (χ0n) is 9.12. The Bertz CT molecular complexity index is 143. The summed E-state index contributed by atoms with van der Waals surface area (Å²) in [5, 5.41) is 0. The van der Waals surface area contributed by atoms with Gasteiger partial charge in [0.25, 0.3) is 0 Å². The van der Waals surface area contributed by atoms with Gasteiger partial charge in [-0.15, -0.1) is 0 Å². The third kappa shape index (κ3) is 2.68. The molecule has 0 aromatic rings. The maximum atomic E-state index is 6.19. The molecule has 1 rings (SSSR count). The summed E-state index contributed by atoms with van der Waals surface area (Å²) < 4.78 is 5.70. The fourth-order valence-corrected chi connectivity index (χ4v) is 2.03. The van der Waals surface area contributed by atoms with Gasteiger partial charge in [-0.25, -0.2) is 0 Å². The third-order valence-electron chi connectivity index (χ3n) is 3.09. The number of hydrogen-bond donors (Lipinski definition) is 1. The Balaban J connectivity index is 2.41. The van der Waals surface area contributed by atoms with Crippen LogP contribution in [0.25, 0.3) is 0 Å². The topological polar surface area (TPSA) is 35.2 Å². The molecule has 78 valence electrons. The summed E-state index contributed by atoms with van der Waals surface area (Å²) in [5.41, 5.74) is 6.19. The van der Waals surface area contributed by atoms with Crippen molar-refractivity contribution < 1.29 is 4.74 Å². The second kappa shape index (κ2) is 4.97. The largest absolute Gasteiger partial charge is 0.377 e. The van der Waals surface area contributed by atoms with Gasteiger partial charge in [0.15, 0.2) is 0 Å². The SMILES string of the molecule is CCOC(C(C)C)C(N)C1CCC1. The molecule has 1 aliphatic carbocycles.